The molecular weight excluding hydrogens is 292 g/mol. The van der Waals surface area contributed by atoms with E-state index in [9.17, 15) is 8.42 Å². The third-order valence-corrected chi connectivity index (χ3v) is 5.07. The van der Waals surface area contributed by atoms with Crippen LogP contribution >= 0.6 is 0 Å². The number of nitrogens with one attached hydrogen (secondary N) is 2. The molecule has 1 aromatic carbocycles. The van der Waals surface area contributed by atoms with Crippen LogP contribution < -0.4 is 19.5 Å². The molecule has 1 atom stereocenters. The van der Waals surface area contributed by atoms with Gasteiger partial charge in [0.25, 0.3) is 0 Å². The number of ether oxygens (including phenoxy) is 2. The highest BCUT2D eigenvalue weighted by molar-refractivity contribution is 7.89. The van der Waals surface area contributed by atoms with Crippen LogP contribution in [0.15, 0.2) is 23.1 Å². The first-order valence-corrected chi connectivity index (χ1v) is 8.50. The molecule has 1 aliphatic rings. The molecule has 2 N–H and O–H groups in total. The van der Waals surface area contributed by atoms with Crippen LogP contribution in [0.5, 0.6) is 11.5 Å². The zero-order valence-corrected chi connectivity index (χ0v) is 13.2. The van der Waals surface area contributed by atoms with E-state index in [0.717, 1.165) is 25.8 Å². The quantitative estimate of drug-likeness (QED) is 0.789. The van der Waals surface area contributed by atoms with Crippen molar-refractivity contribution in [2.24, 2.45) is 0 Å². The maximum atomic E-state index is 12.2. The Morgan fingerprint density at radius 1 is 1.29 bits per heavy atom. The van der Waals surface area contributed by atoms with E-state index in [4.69, 9.17) is 9.47 Å². The zero-order chi connectivity index (χ0) is 15.3. The average Bonchev–Trinajstić information content (AvgIpc) is 2.99. The topological polar surface area (TPSA) is 76.7 Å². The molecule has 2 rings (SSSR count). The van der Waals surface area contributed by atoms with Gasteiger partial charge in [0.2, 0.25) is 10.0 Å². The van der Waals surface area contributed by atoms with Gasteiger partial charge in [-0.1, -0.05) is 0 Å². The lowest BCUT2D eigenvalue weighted by molar-refractivity contribution is 0.354. The number of sulfonamides is 1. The van der Waals surface area contributed by atoms with Crippen LogP contribution in [0.25, 0.3) is 0 Å². The van der Waals surface area contributed by atoms with Gasteiger partial charge in [0.05, 0.1) is 19.1 Å². The molecule has 0 radical (unpaired) electrons. The van der Waals surface area contributed by atoms with Crippen molar-refractivity contribution in [2.45, 2.75) is 30.2 Å². The van der Waals surface area contributed by atoms with Gasteiger partial charge in [-0.05, 0) is 37.9 Å². The first-order valence-electron chi connectivity index (χ1n) is 7.02. The molecule has 0 spiro atoms. The van der Waals surface area contributed by atoms with E-state index in [1.54, 1.807) is 6.07 Å². The van der Waals surface area contributed by atoms with Crippen molar-refractivity contribution in [3.63, 3.8) is 0 Å². The predicted molar refractivity (Wildman–Crippen MR) is 80.4 cm³/mol. The van der Waals surface area contributed by atoms with Crippen LogP contribution in [0.1, 0.15) is 19.3 Å². The van der Waals surface area contributed by atoms with Crippen LogP contribution in [0.3, 0.4) is 0 Å². The molecule has 1 aliphatic heterocycles. The first kappa shape index (κ1) is 16.1. The maximum absolute atomic E-state index is 12.2. The summed E-state index contributed by atoms with van der Waals surface area (Å²) >= 11 is 0. The third-order valence-electron chi connectivity index (χ3n) is 3.61. The fourth-order valence-electron chi connectivity index (χ4n) is 2.44. The Hall–Kier alpha value is -1.31. The number of benzene rings is 1. The zero-order valence-electron chi connectivity index (χ0n) is 12.4. The summed E-state index contributed by atoms with van der Waals surface area (Å²) in [6, 6.07) is 4.98. The molecule has 0 aliphatic carbocycles. The van der Waals surface area contributed by atoms with Crippen LogP contribution in [0.4, 0.5) is 0 Å². The summed E-state index contributed by atoms with van der Waals surface area (Å²) in [7, 11) is -0.531. The molecule has 0 bridgehead atoms. The van der Waals surface area contributed by atoms with Gasteiger partial charge >= 0.3 is 0 Å². The van der Waals surface area contributed by atoms with E-state index in [1.165, 1.54) is 26.4 Å². The van der Waals surface area contributed by atoms with Crippen LogP contribution in [-0.4, -0.2) is 41.8 Å². The van der Waals surface area contributed by atoms with Gasteiger partial charge in [-0.2, -0.15) is 0 Å². The predicted octanol–water partition coefficient (Wildman–Crippen LogP) is 1.12. The van der Waals surface area contributed by atoms with Gasteiger partial charge in [-0.15, -0.1) is 0 Å². The second-order valence-corrected chi connectivity index (χ2v) is 6.76. The molecule has 0 aromatic heterocycles. The van der Waals surface area contributed by atoms with Crippen molar-refractivity contribution < 1.29 is 17.9 Å². The van der Waals surface area contributed by atoms with Crippen molar-refractivity contribution in [1.29, 1.82) is 0 Å². The Morgan fingerprint density at radius 3 is 2.67 bits per heavy atom. The van der Waals surface area contributed by atoms with E-state index in [-0.39, 0.29) is 4.90 Å². The normalized spacial score (nSPS) is 18.7. The molecule has 6 nitrogen and oxygen atoms in total. The lowest BCUT2D eigenvalue weighted by atomic mass is 10.2. The molecule has 21 heavy (non-hydrogen) atoms. The SMILES string of the molecule is COc1ccc(S(=O)(=O)NCC[C@H]2CCCN2)cc1OC. The van der Waals surface area contributed by atoms with E-state index in [2.05, 4.69) is 10.0 Å². The third kappa shape index (κ3) is 4.09. The molecule has 118 valence electrons. The summed E-state index contributed by atoms with van der Waals surface area (Å²) in [6.45, 7) is 1.45. The number of hydrogen-bond donors (Lipinski definition) is 2. The Labute approximate surface area is 125 Å². The number of rotatable bonds is 7. The minimum absolute atomic E-state index is 0.180. The van der Waals surface area contributed by atoms with Crippen LogP contribution in [0, 0.1) is 0 Å². The highest BCUT2D eigenvalue weighted by Gasteiger charge is 2.18. The smallest absolute Gasteiger partial charge is 0.240 e. The Balaban J connectivity index is 2.01. The van der Waals surface area contributed by atoms with E-state index in [0.29, 0.717) is 24.1 Å². The van der Waals surface area contributed by atoms with Crippen molar-refractivity contribution in [3.05, 3.63) is 18.2 Å². The van der Waals surface area contributed by atoms with Crippen molar-refractivity contribution in [1.82, 2.24) is 10.0 Å². The monoisotopic (exact) mass is 314 g/mol. The molecule has 0 amide bonds. The standard InChI is InChI=1S/C14H22N2O4S/c1-19-13-6-5-12(10-14(13)20-2)21(17,18)16-9-7-11-4-3-8-15-11/h5-6,10-11,15-16H,3-4,7-9H2,1-2H3/t11-/m1/s1. The summed E-state index contributed by atoms with van der Waals surface area (Å²) in [4.78, 5) is 0.180. The second kappa shape index (κ2) is 7.11. The van der Waals surface area contributed by atoms with Gasteiger partial charge in [-0.25, -0.2) is 13.1 Å². The second-order valence-electron chi connectivity index (χ2n) is 5.00. The first-order chi connectivity index (χ1) is 10.1. The number of hydrogen-bond acceptors (Lipinski definition) is 5. The Morgan fingerprint density at radius 2 is 2.05 bits per heavy atom. The molecule has 1 heterocycles. The molecule has 1 aromatic rings. The van der Waals surface area contributed by atoms with Crippen molar-refractivity contribution in [2.75, 3.05) is 27.3 Å². The Bertz CT molecular complexity index is 568. The fraction of sp³-hybridized carbons (Fsp3) is 0.571. The molecular formula is C14H22N2O4S. The van der Waals surface area contributed by atoms with Gasteiger partial charge in [0, 0.05) is 18.7 Å². The number of methoxy groups -OCH3 is 2. The van der Waals surface area contributed by atoms with Crippen molar-refractivity contribution in [3.8, 4) is 11.5 Å². The minimum atomic E-state index is -3.52. The Kier molecular flexibility index (Phi) is 5.44. The van der Waals surface area contributed by atoms with Gasteiger partial charge in [-0.3, -0.25) is 0 Å². The summed E-state index contributed by atoms with van der Waals surface area (Å²) in [5.41, 5.74) is 0. The van der Waals surface area contributed by atoms with Gasteiger partial charge in [0.1, 0.15) is 0 Å². The van der Waals surface area contributed by atoms with Crippen molar-refractivity contribution >= 4 is 10.0 Å². The molecule has 1 saturated heterocycles. The fourth-order valence-corrected chi connectivity index (χ4v) is 3.50. The molecule has 0 saturated carbocycles. The summed E-state index contributed by atoms with van der Waals surface area (Å²) in [5.74, 6) is 0.907. The maximum Gasteiger partial charge on any atom is 0.240 e. The summed E-state index contributed by atoms with van der Waals surface area (Å²) < 4.78 is 37.4. The van der Waals surface area contributed by atoms with Crippen LogP contribution in [0.2, 0.25) is 0 Å². The minimum Gasteiger partial charge on any atom is -0.493 e. The lowest BCUT2D eigenvalue weighted by Gasteiger charge is -2.13. The summed E-state index contributed by atoms with van der Waals surface area (Å²) in [5, 5.41) is 3.34. The van der Waals surface area contributed by atoms with Crippen LogP contribution in [-0.2, 0) is 10.0 Å². The summed E-state index contributed by atoms with van der Waals surface area (Å²) in [6.07, 6.45) is 3.07. The molecule has 1 fully saturated rings. The molecule has 7 heteroatoms. The van der Waals surface area contributed by atoms with Gasteiger partial charge < -0.3 is 14.8 Å². The highest BCUT2D eigenvalue weighted by Crippen LogP contribution is 2.29. The van der Waals surface area contributed by atoms with E-state index in [1.807, 2.05) is 0 Å². The van der Waals surface area contributed by atoms with Gasteiger partial charge in [0.15, 0.2) is 11.5 Å². The van der Waals surface area contributed by atoms with E-state index < -0.39 is 10.0 Å². The molecule has 0 unspecified atom stereocenters. The average molecular weight is 314 g/mol. The highest BCUT2D eigenvalue weighted by atomic mass is 32.2. The largest absolute Gasteiger partial charge is 0.493 e. The lowest BCUT2D eigenvalue weighted by Crippen LogP contribution is -2.30. The van der Waals surface area contributed by atoms with E-state index >= 15 is 0 Å².